The number of rotatable bonds is 5. The Morgan fingerprint density at radius 1 is 1.07 bits per heavy atom. The van der Waals surface area contributed by atoms with Crippen LogP contribution in [-0.2, 0) is 27.2 Å². The first-order valence-corrected chi connectivity index (χ1v) is 10.7. The van der Waals surface area contributed by atoms with E-state index in [1.54, 1.807) is 24.0 Å². The lowest BCUT2D eigenvalue weighted by Crippen LogP contribution is -2.41. The van der Waals surface area contributed by atoms with Crippen LogP contribution in [0.5, 0.6) is 5.75 Å². The second kappa shape index (κ2) is 8.90. The van der Waals surface area contributed by atoms with Gasteiger partial charge in [-0.05, 0) is 56.7 Å². The van der Waals surface area contributed by atoms with Crippen molar-refractivity contribution in [2.45, 2.75) is 58.0 Å². The van der Waals surface area contributed by atoms with Crippen LogP contribution in [0, 0.1) is 0 Å². The van der Waals surface area contributed by atoms with Crippen molar-refractivity contribution in [3.05, 3.63) is 39.7 Å². The Kier molecular flexibility index (Phi) is 6.06. The molecule has 1 aliphatic carbocycles. The number of nitrogens with zero attached hydrogens (tertiary/aromatic N) is 1. The van der Waals surface area contributed by atoms with E-state index in [1.807, 2.05) is 6.07 Å². The Morgan fingerprint density at radius 3 is 2.57 bits per heavy atom. The van der Waals surface area contributed by atoms with Gasteiger partial charge in [-0.3, -0.25) is 4.79 Å². The molecule has 0 saturated carbocycles. The highest BCUT2D eigenvalue weighted by molar-refractivity contribution is 5.84. The summed E-state index contributed by atoms with van der Waals surface area (Å²) in [5.41, 5.74) is 1.97. The molecular weight excluding hydrogens is 386 g/mol. The fraction of sp³-hybridized carbons (Fsp3) is 0.522. The summed E-state index contributed by atoms with van der Waals surface area (Å²) in [7, 11) is 0. The molecule has 1 atom stereocenters. The average Bonchev–Trinajstić information content (AvgIpc) is 3.08. The summed E-state index contributed by atoms with van der Waals surface area (Å²) in [6.45, 7) is 2.70. The van der Waals surface area contributed by atoms with Crippen LogP contribution < -0.4 is 10.4 Å². The molecule has 1 aliphatic heterocycles. The van der Waals surface area contributed by atoms with Crippen molar-refractivity contribution in [2.75, 3.05) is 19.7 Å². The summed E-state index contributed by atoms with van der Waals surface area (Å²) in [5, 5.41) is 0.911. The maximum absolute atomic E-state index is 12.5. The first-order chi connectivity index (χ1) is 14.5. The fourth-order valence-electron chi connectivity index (χ4n) is 4.33. The molecule has 0 N–H and O–H groups in total. The van der Waals surface area contributed by atoms with E-state index in [0.29, 0.717) is 24.4 Å². The molecule has 0 radical (unpaired) electrons. The molecule has 30 heavy (non-hydrogen) atoms. The van der Waals surface area contributed by atoms with Crippen molar-refractivity contribution in [3.63, 3.8) is 0 Å². The first-order valence-electron chi connectivity index (χ1n) is 10.7. The number of fused-ring (bicyclic) bond motifs is 3. The number of hydrogen-bond acceptors (Lipinski definition) is 6. The monoisotopic (exact) mass is 413 g/mol. The zero-order valence-electron chi connectivity index (χ0n) is 17.3. The molecule has 1 amide bonds. The summed E-state index contributed by atoms with van der Waals surface area (Å²) in [4.78, 5) is 38.6. The second-order valence-corrected chi connectivity index (χ2v) is 8.02. The van der Waals surface area contributed by atoms with Gasteiger partial charge in [-0.15, -0.1) is 0 Å². The van der Waals surface area contributed by atoms with Crippen molar-refractivity contribution >= 4 is 22.8 Å². The van der Waals surface area contributed by atoms with Gasteiger partial charge in [-0.2, -0.15) is 0 Å². The van der Waals surface area contributed by atoms with Crippen molar-refractivity contribution < 1.29 is 23.5 Å². The molecule has 0 bridgehead atoms. The normalized spacial score (nSPS) is 17.3. The molecule has 1 saturated heterocycles. The van der Waals surface area contributed by atoms with E-state index in [4.69, 9.17) is 13.9 Å². The molecule has 2 heterocycles. The highest BCUT2D eigenvalue weighted by Crippen LogP contribution is 2.29. The van der Waals surface area contributed by atoms with E-state index >= 15 is 0 Å². The maximum Gasteiger partial charge on any atom is 0.344 e. The standard InChI is InChI=1S/C23H27NO6/c1-15(22(26)24-11-4-2-3-5-12-24)29-21(25)14-28-16-9-10-18-17-7-6-8-19(17)23(27)30-20(18)13-16/h9-10,13,15H,2-8,11-12,14H2,1H3/t15-/m0/s1. The van der Waals surface area contributed by atoms with E-state index in [0.717, 1.165) is 61.5 Å². The highest BCUT2D eigenvalue weighted by Gasteiger charge is 2.25. The van der Waals surface area contributed by atoms with Crippen LogP contribution in [0.25, 0.3) is 11.0 Å². The Morgan fingerprint density at radius 2 is 1.80 bits per heavy atom. The number of likely N-dealkylation sites (tertiary alicyclic amines) is 1. The fourth-order valence-corrected chi connectivity index (χ4v) is 4.33. The molecule has 0 unspecified atom stereocenters. The smallest absolute Gasteiger partial charge is 0.344 e. The number of benzene rings is 1. The van der Waals surface area contributed by atoms with Gasteiger partial charge < -0.3 is 18.8 Å². The first kappa shape index (κ1) is 20.4. The summed E-state index contributed by atoms with van der Waals surface area (Å²) in [6.07, 6.45) is 5.96. The van der Waals surface area contributed by atoms with Crippen molar-refractivity contribution in [3.8, 4) is 5.75 Å². The number of carbonyl (C=O) groups is 2. The molecule has 4 rings (SSSR count). The van der Waals surface area contributed by atoms with Crippen LogP contribution in [0.2, 0.25) is 0 Å². The van der Waals surface area contributed by atoms with Crippen molar-refractivity contribution in [2.24, 2.45) is 0 Å². The van der Waals surface area contributed by atoms with Crippen LogP contribution in [0.4, 0.5) is 0 Å². The minimum Gasteiger partial charge on any atom is -0.482 e. The summed E-state index contributed by atoms with van der Waals surface area (Å²) >= 11 is 0. The predicted octanol–water partition coefficient (Wildman–Crippen LogP) is 2.99. The van der Waals surface area contributed by atoms with Gasteiger partial charge in [-0.25, -0.2) is 9.59 Å². The summed E-state index contributed by atoms with van der Waals surface area (Å²) in [6, 6.07) is 5.23. The quantitative estimate of drug-likeness (QED) is 0.553. The Hall–Kier alpha value is -2.83. The minimum atomic E-state index is -0.837. The number of amides is 1. The average molecular weight is 413 g/mol. The van der Waals surface area contributed by atoms with Crippen molar-refractivity contribution in [1.82, 2.24) is 4.90 Å². The van der Waals surface area contributed by atoms with Crippen molar-refractivity contribution in [1.29, 1.82) is 0 Å². The highest BCUT2D eigenvalue weighted by atomic mass is 16.6. The Balaban J connectivity index is 1.35. The van der Waals surface area contributed by atoms with Gasteiger partial charge in [0.2, 0.25) is 0 Å². The number of aryl methyl sites for hydroxylation is 1. The molecule has 7 nitrogen and oxygen atoms in total. The number of carbonyl (C=O) groups excluding carboxylic acids is 2. The van der Waals surface area contributed by atoms with E-state index in [9.17, 15) is 14.4 Å². The van der Waals surface area contributed by atoms with Gasteiger partial charge >= 0.3 is 11.6 Å². The molecule has 1 fully saturated rings. The molecule has 160 valence electrons. The van der Waals surface area contributed by atoms with Crippen LogP contribution in [0.1, 0.15) is 50.2 Å². The lowest BCUT2D eigenvalue weighted by atomic mass is 10.1. The SMILES string of the molecule is C[C@H](OC(=O)COc1ccc2c3c(c(=O)oc2c1)CCC3)C(=O)N1CCCCCC1. The van der Waals surface area contributed by atoms with E-state index in [-0.39, 0.29) is 18.1 Å². The van der Waals surface area contributed by atoms with Crippen LogP contribution in [0.15, 0.2) is 27.4 Å². The third-order valence-corrected chi connectivity index (χ3v) is 5.88. The molecule has 2 aromatic rings. The maximum atomic E-state index is 12.5. The number of hydrogen-bond donors (Lipinski definition) is 0. The summed E-state index contributed by atoms with van der Waals surface area (Å²) < 4.78 is 16.2. The Labute approximate surface area is 174 Å². The van der Waals surface area contributed by atoms with E-state index in [2.05, 4.69) is 0 Å². The molecule has 0 spiro atoms. The van der Waals surface area contributed by atoms with E-state index < -0.39 is 12.1 Å². The lowest BCUT2D eigenvalue weighted by Gasteiger charge is -2.24. The van der Waals surface area contributed by atoms with Gasteiger partial charge in [0.05, 0.1) is 0 Å². The lowest BCUT2D eigenvalue weighted by molar-refractivity contribution is -0.160. The van der Waals surface area contributed by atoms with Gasteiger partial charge in [0.1, 0.15) is 11.3 Å². The molecule has 7 heteroatoms. The zero-order chi connectivity index (χ0) is 21.1. The van der Waals surface area contributed by atoms with Gasteiger partial charge in [0.25, 0.3) is 5.91 Å². The van der Waals surface area contributed by atoms with Gasteiger partial charge in [0, 0.05) is 30.1 Å². The van der Waals surface area contributed by atoms with Gasteiger partial charge in [0.15, 0.2) is 12.7 Å². The third kappa shape index (κ3) is 4.35. The largest absolute Gasteiger partial charge is 0.482 e. The topological polar surface area (TPSA) is 86.0 Å². The zero-order valence-corrected chi connectivity index (χ0v) is 17.3. The molecule has 1 aromatic heterocycles. The minimum absolute atomic E-state index is 0.161. The third-order valence-electron chi connectivity index (χ3n) is 5.88. The van der Waals surface area contributed by atoms with Crippen LogP contribution >= 0.6 is 0 Å². The number of esters is 1. The Bertz CT molecular complexity index is 1000. The van der Waals surface area contributed by atoms with Crippen LogP contribution in [0.3, 0.4) is 0 Å². The van der Waals surface area contributed by atoms with E-state index in [1.165, 1.54) is 0 Å². The molecule has 2 aliphatic rings. The number of ether oxygens (including phenoxy) is 2. The molecule has 1 aromatic carbocycles. The van der Waals surface area contributed by atoms with Gasteiger partial charge in [-0.1, -0.05) is 12.8 Å². The van der Waals surface area contributed by atoms with Crippen LogP contribution in [-0.4, -0.2) is 42.6 Å². The molecular formula is C23H27NO6. The predicted molar refractivity (Wildman–Crippen MR) is 111 cm³/mol. The second-order valence-electron chi connectivity index (χ2n) is 8.02. The summed E-state index contributed by atoms with van der Waals surface area (Å²) in [5.74, 6) is -0.361.